The van der Waals surface area contributed by atoms with Crippen LogP contribution in [0.25, 0.3) is 60.3 Å². The fourth-order valence-electron chi connectivity index (χ4n) is 6.06. The van der Waals surface area contributed by atoms with Gasteiger partial charge in [0, 0.05) is 12.2 Å². The molecule has 1 N–H and O–H groups in total. The Balaban J connectivity index is 1.51. The lowest BCUT2D eigenvalue weighted by Crippen LogP contribution is -2.15. The molecule has 1 aliphatic heterocycles. The van der Waals surface area contributed by atoms with Crippen molar-refractivity contribution in [3.63, 3.8) is 0 Å². The van der Waals surface area contributed by atoms with E-state index in [-0.39, 0.29) is 0 Å². The standard InChI is InChI=1S/C37H29N/c1-24-21-22-38-35(23-24)26-16-18-27(19-17-26)36-30-11-5-7-13-32(30)37(33-14-8-6-12-31(33)36)34-20-15-25(2)28-9-3-4-10-29(28)34/h3-21,23,38H,22H2,1-2H3. The Labute approximate surface area is 223 Å². The summed E-state index contributed by atoms with van der Waals surface area (Å²) < 4.78 is 0. The summed E-state index contributed by atoms with van der Waals surface area (Å²) in [7, 11) is 0. The van der Waals surface area contributed by atoms with Gasteiger partial charge in [-0.3, -0.25) is 0 Å². The number of fused-ring (bicyclic) bond motifs is 3. The minimum absolute atomic E-state index is 0.879. The van der Waals surface area contributed by atoms with Gasteiger partial charge in [-0.1, -0.05) is 121 Å². The van der Waals surface area contributed by atoms with Crippen LogP contribution in [0.1, 0.15) is 18.1 Å². The molecule has 182 valence electrons. The number of hydrogen-bond donors (Lipinski definition) is 1. The number of hydrogen-bond acceptors (Lipinski definition) is 1. The minimum Gasteiger partial charge on any atom is -0.381 e. The summed E-state index contributed by atoms with van der Waals surface area (Å²) in [4.78, 5) is 0. The van der Waals surface area contributed by atoms with Gasteiger partial charge < -0.3 is 5.32 Å². The Bertz CT molecular complexity index is 1860. The van der Waals surface area contributed by atoms with Gasteiger partial charge in [0.05, 0.1) is 0 Å². The molecule has 0 radical (unpaired) electrons. The smallest absolute Gasteiger partial charge is 0.0418 e. The van der Waals surface area contributed by atoms with E-state index < -0.39 is 0 Å². The highest BCUT2D eigenvalue weighted by atomic mass is 14.9. The van der Waals surface area contributed by atoms with Crippen molar-refractivity contribution in [3.05, 3.63) is 138 Å². The number of nitrogens with one attached hydrogen (secondary N) is 1. The number of allylic oxidation sites excluding steroid dienone is 2. The number of dihydropyridines is 1. The van der Waals surface area contributed by atoms with Crippen molar-refractivity contribution in [1.82, 2.24) is 5.32 Å². The molecule has 0 saturated carbocycles. The van der Waals surface area contributed by atoms with Crippen molar-refractivity contribution in [2.75, 3.05) is 6.54 Å². The molecule has 1 aliphatic rings. The molecular weight excluding hydrogens is 458 g/mol. The van der Waals surface area contributed by atoms with Crippen molar-refractivity contribution in [2.24, 2.45) is 0 Å². The predicted molar refractivity (Wildman–Crippen MR) is 164 cm³/mol. The Morgan fingerprint density at radius 2 is 1.03 bits per heavy atom. The van der Waals surface area contributed by atoms with Gasteiger partial charge in [-0.25, -0.2) is 0 Å². The second kappa shape index (κ2) is 9.04. The first-order valence-corrected chi connectivity index (χ1v) is 13.3. The van der Waals surface area contributed by atoms with Crippen molar-refractivity contribution in [1.29, 1.82) is 0 Å². The summed E-state index contributed by atoms with van der Waals surface area (Å²) in [6.45, 7) is 5.24. The zero-order valence-electron chi connectivity index (χ0n) is 21.8. The average molecular weight is 488 g/mol. The van der Waals surface area contributed by atoms with E-state index in [9.17, 15) is 0 Å². The monoisotopic (exact) mass is 487 g/mol. The third-order valence-corrected chi connectivity index (χ3v) is 7.92. The van der Waals surface area contributed by atoms with Crippen LogP contribution < -0.4 is 5.32 Å². The maximum Gasteiger partial charge on any atom is 0.0418 e. The molecular formula is C37H29N. The van der Waals surface area contributed by atoms with Gasteiger partial charge >= 0.3 is 0 Å². The molecule has 1 nitrogen and oxygen atoms in total. The topological polar surface area (TPSA) is 12.0 Å². The summed E-state index contributed by atoms with van der Waals surface area (Å²) in [6, 6.07) is 40.2. The van der Waals surface area contributed by atoms with Crippen LogP contribution in [0, 0.1) is 6.92 Å². The largest absolute Gasteiger partial charge is 0.381 e. The summed E-state index contributed by atoms with van der Waals surface area (Å²) in [5.41, 5.74) is 10.2. The van der Waals surface area contributed by atoms with Gasteiger partial charge in [0.2, 0.25) is 0 Å². The van der Waals surface area contributed by atoms with E-state index in [0.29, 0.717) is 0 Å². The van der Waals surface area contributed by atoms with Gasteiger partial charge in [-0.15, -0.1) is 0 Å². The summed E-state index contributed by atoms with van der Waals surface area (Å²) in [5.74, 6) is 0. The molecule has 0 spiro atoms. The Morgan fingerprint density at radius 1 is 0.500 bits per heavy atom. The highest BCUT2D eigenvalue weighted by molar-refractivity contribution is 6.23. The molecule has 0 unspecified atom stereocenters. The molecule has 0 fully saturated rings. The zero-order chi connectivity index (χ0) is 25.6. The van der Waals surface area contributed by atoms with Crippen LogP contribution in [0.2, 0.25) is 0 Å². The van der Waals surface area contributed by atoms with Crippen LogP contribution in [0.5, 0.6) is 0 Å². The number of benzene rings is 6. The van der Waals surface area contributed by atoms with Gasteiger partial charge in [0.15, 0.2) is 0 Å². The lowest BCUT2D eigenvalue weighted by atomic mass is 9.84. The molecule has 38 heavy (non-hydrogen) atoms. The van der Waals surface area contributed by atoms with E-state index in [2.05, 4.69) is 141 Å². The van der Waals surface area contributed by atoms with E-state index in [1.165, 1.54) is 77.0 Å². The third kappa shape index (κ3) is 3.63. The summed E-state index contributed by atoms with van der Waals surface area (Å²) in [5, 5.41) is 11.3. The molecule has 6 aromatic rings. The molecule has 1 heteroatoms. The lowest BCUT2D eigenvalue weighted by molar-refractivity contribution is 0.981. The molecule has 0 saturated heterocycles. The van der Waals surface area contributed by atoms with E-state index >= 15 is 0 Å². The van der Waals surface area contributed by atoms with Crippen molar-refractivity contribution in [2.45, 2.75) is 13.8 Å². The first-order valence-electron chi connectivity index (χ1n) is 13.3. The van der Waals surface area contributed by atoms with Gasteiger partial charge in [-0.2, -0.15) is 0 Å². The average Bonchev–Trinajstić information content (AvgIpc) is 2.97. The molecule has 0 amide bonds. The summed E-state index contributed by atoms with van der Waals surface area (Å²) >= 11 is 0. The normalized spacial score (nSPS) is 13.4. The summed E-state index contributed by atoms with van der Waals surface area (Å²) in [6.07, 6.45) is 4.44. The minimum atomic E-state index is 0.879. The van der Waals surface area contributed by atoms with Crippen LogP contribution >= 0.6 is 0 Å². The first kappa shape index (κ1) is 22.6. The maximum absolute atomic E-state index is 3.51. The van der Waals surface area contributed by atoms with Crippen LogP contribution in [0.4, 0.5) is 0 Å². The zero-order valence-corrected chi connectivity index (χ0v) is 21.8. The number of rotatable bonds is 3. The van der Waals surface area contributed by atoms with Crippen molar-refractivity contribution < 1.29 is 0 Å². The lowest BCUT2D eigenvalue weighted by Gasteiger charge is -2.20. The molecule has 0 aromatic heterocycles. The Kier molecular flexibility index (Phi) is 5.37. The maximum atomic E-state index is 3.51. The van der Waals surface area contributed by atoms with Gasteiger partial charge in [-0.05, 0) is 85.6 Å². The third-order valence-electron chi connectivity index (χ3n) is 7.92. The molecule has 1 heterocycles. The molecule has 7 rings (SSSR count). The second-order valence-electron chi connectivity index (χ2n) is 10.3. The van der Waals surface area contributed by atoms with Crippen LogP contribution in [-0.4, -0.2) is 6.54 Å². The molecule has 0 atom stereocenters. The van der Waals surface area contributed by atoms with Crippen LogP contribution in [-0.2, 0) is 0 Å². The Morgan fingerprint density at radius 3 is 1.63 bits per heavy atom. The predicted octanol–water partition coefficient (Wildman–Crippen LogP) is 9.68. The Hall–Kier alpha value is -4.62. The van der Waals surface area contributed by atoms with E-state index in [0.717, 1.165) is 6.54 Å². The van der Waals surface area contributed by atoms with Crippen molar-refractivity contribution >= 4 is 38.0 Å². The highest BCUT2D eigenvalue weighted by Crippen LogP contribution is 2.45. The molecule has 0 aliphatic carbocycles. The first-order chi connectivity index (χ1) is 18.7. The SMILES string of the molecule is CC1=CCNC(c2ccc(-c3c4ccccc4c(-c4ccc(C)c5ccccc45)c4ccccc34)cc2)=C1. The van der Waals surface area contributed by atoms with Gasteiger partial charge in [0.1, 0.15) is 0 Å². The van der Waals surface area contributed by atoms with Crippen LogP contribution in [0.3, 0.4) is 0 Å². The molecule has 0 bridgehead atoms. The second-order valence-corrected chi connectivity index (χ2v) is 10.3. The number of aryl methyl sites for hydroxylation is 1. The van der Waals surface area contributed by atoms with Crippen LogP contribution in [0.15, 0.2) is 127 Å². The van der Waals surface area contributed by atoms with E-state index in [1.54, 1.807) is 0 Å². The fourth-order valence-corrected chi connectivity index (χ4v) is 6.06. The van der Waals surface area contributed by atoms with Crippen molar-refractivity contribution in [3.8, 4) is 22.3 Å². The fraction of sp³-hybridized carbons (Fsp3) is 0.0811. The molecule has 6 aromatic carbocycles. The van der Waals surface area contributed by atoms with E-state index in [1.807, 2.05) is 0 Å². The van der Waals surface area contributed by atoms with E-state index in [4.69, 9.17) is 0 Å². The highest BCUT2D eigenvalue weighted by Gasteiger charge is 2.18. The quantitative estimate of drug-likeness (QED) is 0.245. The van der Waals surface area contributed by atoms with Gasteiger partial charge in [0.25, 0.3) is 0 Å².